The molecule has 4 aliphatic rings. The first kappa shape index (κ1) is 31.2. The average molecular weight is 656 g/mol. The summed E-state index contributed by atoms with van der Waals surface area (Å²) in [7, 11) is 0. The van der Waals surface area contributed by atoms with Gasteiger partial charge in [-0.25, -0.2) is 8.78 Å². The first-order valence-corrected chi connectivity index (χ1v) is 17.3. The fraction of sp³-hybridized carbons (Fsp3) is 0.459. The molecule has 4 fully saturated rings. The number of nitrogens with zero attached hydrogens (tertiary/aromatic N) is 3. The summed E-state index contributed by atoms with van der Waals surface area (Å²) in [5.74, 6) is -1.06. The van der Waals surface area contributed by atoms with E-state index >= 15 is 0 Å². The lowest BCUT2D eigenvalue weighted by molar-refractivity contribution is 0.0904. The fourth-order valence-corrected chi connectivity index (χ4v) is 8.13. The zero-order valence-corrected chi connectivity index (χ0v) is 27.2. The smallest absolute Gasteiger partial charge is 0.258 e. The van der Waals surface area contributed by atoms with Gasteiger partial charge in [0.25, 0.3) is 5.91 Å². The SMILES string of the molecule is O=C(Nc1n[nH]c2ccc(Cc3cc(F)cc(F)c3)cc12)c1ccc(N2CCN(C3CCC4(CNC4)C3)CC2)cc1NC1CCOCC1. The molecule has 1 saturated carbocycles. The van der Waals surface area contributed by atoms with E-state index in [1.165, 1.54) is 44.5 Å². The molecule has 8 rings (SSSR count). The van der Waals surface area contributed by atoms with Crippen molar-refractivity contribution < 1.29 is 18.3 Å². The van der Waals surface area contributed by atoms with Crippen LogP contribution in [0.2, 0.25) is 0 Å². The number of benzene rings is 3. The maximum Gasteiger partial charge on any atom is 0.258 e. The molecule has 3 aromatic carbocycles. The van der Waals surface area contributed by atoms with Crippen LogP contribution >= 0.6 is 0 Å². The monoisotopic (exact) mass is 655 g/mol. The van der Waals surface area contributed by atoms with Crippen LogP contribution in [0.3, 0.4) is 0 Å². The van der Waals surface area contributed by atoms with E-state index in [0.29, 0.717) is 48.0 Å². The number of anilines is 3. The van der Waals surface area contributed by atoms with Gasteiger partial charge in [0, 0.05) is 87.4 Å². The third kappa shape index (κ3) is 6.51. The van der Waals surface area contributed by atoms with E-state index < -0.39 is 11.6 Å². The molecule has 0 bridgehead atoms. The summed E-state index contributed by atoms with van der Waals surface area (Å²) in [6.45, 7) is 7.81. The molecule has 4 aromatic rings. The Morgan fingerprint density at radius 3 is 2.46 bits per heavy atom. The molecule has 4 heterocycles. The molecule has 3 saturated heterocycles. The molecule has 1 amide bonds. The number of rotatable bonds is 8. The standard InChI is InChI=1S/C37H43F2N7O2/c38-26-16-25(17-27(39)19-26)15-24-1-4-33-32(18-24)35(44-43-33)42-36(47)31-3-2-29(20-34(31)41-28-6-13-48-14-7-28)45-9-11-46(12-10-45)30-5-8-37(21-30)22-40-23-37/h1-4,16-20,28,30,40-41H,5-15,21-23H2,(H2,42,43,44,47). The molecule has 0 radical (unpaired) electrons. The second kappa shape index (κ2) is 13.1. The van der Waals surface area contributed by atoms with E-state index in [-0.39, 0.29) is 11.9 Å². The van der Waals surface area contributed by atoms with Crippen molar-refractivity contribution >= 4 is 34.0 Å². The van der Waals surface area contributed by atoms with E-state index in [1.54, 1.807) is 0 Å². The maximum absolute atomic E-state index is 13.9. The van der Waals surface area contributed by atoms with Crippen molar-refractivity contribution in [3.63, 3.8) is 0 Å². The molecule has 48 heavy (non-hydrogen) atoms. The molecule has 1 aliphatic carbocycles. The Morgan fingerprint density at radius 2 is 1.73 bits per heavy atom. The van der Waals surface area contributed by atoms with Crippen molar-refractivity contribution in [2.75, 3.05) is 68.0 Å². The van der Waals surface area contributed by atoms with E-state index in [9.17, 15) is 13.6 Å². The minimum atomic E-state index is -0.607. The zero-order chi connectivity index (χ0) is 32.7. The number of hydrogen-bond acceptors (Lipinski definition) is 7. The van der Waals surface area contributed by atoms with Gasteiger partial charge in [-0.15, -0.1) is 0 Å². The van der Waals surface area contributed by atoms with Gasteiger partial charge in [-0.2, -0.15) is 5.10 Å². The van der Waals surface area contributed by atoms with Gasteiger partial charge in [0.15, 0.2) is 5.82 Å². The highest BCUT2D eigenvalue weighted by atomic mass is 19.1. The molecular formula is C37H43F2N7O2. The molecule has 3 aliphatic heterocycles. The number of amides is 1. The number of carbonyl (C=O) groups is 1. The second-order valence-electron chi connectivity index (χ2n) is 14.1. The number of aromatic nitrogens is 2. The third-order valence-corrected chi connectivity index (χ3v) is 10.9. The van der Waals surface area contributed by atoms with Gasteiger partial charge < -0.3 is 25.6 Å². The highest BCUT2D eigenvalue weighted by Crippen LogP contribution is 2.43. The first-order chi connectivity index (χ1) is 23.4. The summed E-state index contributed by atoms with van der Waals surface area (Å²) in [6, 6.07) is 16.2. The Labute approximate surface area is 279 Å². The fourth-order valence-electron chi connectivity index (χ4n) is 8.13. The summed E-state index contributed by atoms with van der Waals surface area (Å²) in [4.78, 5) is 19.0. The number of piperazine rings is 1. The number of H-pyrrole nitrogens is 1. The number of aromatic amines is 1. The maximum atomic E-state index is 13.9. The molecule has 1 spiro atoms. The van der Waals surface area contributed by atoms with E-state index in [2.05, 4.69) is 48.1 Å². The largest absolute Gasteiger partial charge is 0.381 e. The third-order valence-electron chi connectivity index (χ3n) is 10.9. The summed E-state index contributed by atoms with van der Waals surface area (Å²) in [6.07, 6.45) is 6.08. The van der Waals surface area contributed by atoms with Crippen LogP contribution in [-0.2, 0) is 11.2 Å². The minimum Gasteiger partial charge on any atom is -0.381 e. The van der Waals surface area contributed by atoms with Crippen LogP contribution in [0.25, 0.3) is 10.9 Å². The van der Waals surface area contributed by atoms with Crippen molar-refractivity contribution in [3.8, 4) is 0 Å². The number of hydrogen-bond donors (Lipinski definition) is 4. The van der Waals surface area contributed by atoms with Crippen LogP contribution in [-0.4, -0.2) is 85.6 Å². The highest BCUT2D eigenvalue weighted by Gasteiger charge is 2.45. The Morgan fingerprint density at radius 1 is 0.938 bits per heavy atom. The van der Waals surface area contributed by atoms with Crippen molar-refractivity contribution in [1.29, 1.82) is 0 Å². The van der Waals surface area contributed by atoms with Gasteiger partial charge in [-0.3, -0.25) is 14.8 Å². The van der Waals surface area contributed by atoms with Crippen molar-refractivity contribution in [3.05, 3.63) is 82.9 Å². The lowest BCUT2D eigenvalue weighted by Crippen LogP contribution is -2.54. The Bertz CT molecular complexity index is 1770. The quantitative estimate of drug-likeness (QED) is 0.198. The predicted molar refractivity (Wildman–Crippen MR) is 184 cm³/mol. The van der Waals surface area contributed by atoms with Crippen LogP contribution in [0, 0.1) is 17.0 Å². The number of nitrogens with one attached hydrogen (secondary N) is 4. The normalized spacial score (nSPS) is 21.5. The molecule has 4 N–H and O–H groups in total. The molecule has 252 valence electrons. The van der Waals surface area contributed by atoms with Crippen LogP contribution in [0.15, 0.2) is 54.6 Å². The van der Waals surface area contributed by atoms with Crippen LogP contribution in [0.5, 0.6) is 0 Å². The van der Waals surface area contributed by atoms with E-state index in [1.807, 2.05) is 24.3 Å². The summed E-state index contributed by atoms with van der Waals surface area (Å²) < 4.78 is 33.2. The molecule has 1 unspecified atom stereocenters. The lowest BCUT2D eigenvalue weighted by Gasteiger charge is -2.42. The van der Waals surface area contributed by atoms with E-state index in [0.717, 1.165) is 72.9 Å². The zero-order valence-electron chi connectivity index (χ0n) is 27.2. The van der Waals surface area contributed by atoms with Gasteiger partial charge in [0.1, 0.15) is 11.6 Å². The molecule has 11 heteroatoms. The van der Waals surface area contributed by atoms with Gasteiger partial charge >= 0.3 is 0 Å². The summed E-state index contributed by atoms with van der Waals surface area (Å²) in [5, 5.41) is 18.3. The Kier molecular flexibility index (Phi) is 8.52. The topological polar surface area (TPSA) is 97.6 Å². The second-order valence-corrected chi connectivity index (χ2v) is 14.1. The number of fused-ring (bicyclic) bond motifs is 1. The van der Waals surface area contributed by atoms with Crippen molar-refractivity contribution in [2.45, 2.75) is 50.6 Å². The first-order valence-electron chi connectivity index (χ1n) is 17.3. The number of carbonyl (C=O) groups excluding carboxylic acids is 1. The lowest BCUT2D eigenvalue weighted by atomic mass is 9.80. The molecule has 1 aromatic heterocycles. The minimum absolute atomic E-state index is 0.217. The highest BCUT2D eigenvalue weighted by molar-refractivity contribution is 6.11. The average Bonchev–Trinajstić information content (AvgIpc) is 3.70. The molecule has 1 atom stereocenters. The molecule has 9 nitrogen and oxygen atoms in total. The Balaban J connectivity index is 0.993. The summed E-state index contributed by atoms with van der Waals surface area (Å²) in [5.41, 5.74) is 5.17. The predicted octanol–water partition coefficient (Wildman–Crippen LogP) is 5.54. The van der Waals surface area contributed by atoms with Gasteiger partial charge in [0.05, 0.1) is 11.1 Å². The number of halogens is 2. The van der Waals surface area contributed by atoms with Crippen LogP contribution < -0.4 is 20.9 Å². The molecular weight excluding hydrogens is 612 g/mol. The van der Waals surface area contributed by atoms with E-state index in [4.69, 9.17) is 4.74 Å². The van der Waals surface area contributed by atoms with Crippen molar-refractivity contribution in [2.24, 2.45) is 5.41 Å². The van der Waals surface area contributed by atoms with Gasteiger partial charge in [-0.1, -0.05) is 6.07 Å². The Hall–Kier alpha value is -4.06. The van der Waals surface area contributed by atoms with Crippen LogP contribution in [0.1, 0.15) is 53.6 Å². The van der Waals surface area contributed by atoms with Gasteiger partial charge in [0.2, 0.25) is 0 Å². The van der Waals surface area contributed by atoms with Gasteiger partial charge in [-0.05, 0) is 97.5 Å². The number of ether oxygens (including phenoxy) is 1. The van der Waals surface area contributed by atoms with Crippen molar-refractivity contribution in [1.82, 2.24) is 20.4 Å². The summed E-state index contributed by atoms with van der Waals surface area (Å²) >= 11 is 0. The van der Waals surface area contributed by atoms with Crippen LogP contribution in [0.4, 0.5) is 26.0 Å².